The number of amides is 1. The Morgan fingerprint density at radius 1 is 1.82 bits per heavy atom. The summed E-state index contributed by atoms with van der Waals surface area (Å²) in [5.74, 6) is -0.154. The van der Waals surface area contributed by atoms with Crippen molar-refractivity contribution in [3.63, 3.8) is 0 Å². The van der Waals surface area contributed by atoms with Crippen LogP contribution in [0.2, 0.25) is 0 Å². The lowest BCUT2D eigenvalue weighted by atomic mass is 10.2. The van der Waals surface area contributed by atoms with Crippen molar-refractivity contribution in [1.82, 2.24) is 5.32 Å². The van der Waals surface area contributed by atoms with Gasteiger partial charge in [-0.3, -0.25) is 4.79 Å². The number of alkyl halides is 1. The number of carbonyl (C=O) groups is 1. The van der Waals surface area contributed by atoms with Gasteiger partial charge in [-0.15, -0.1) is 11.6 Å². The summed E-state index contributed by atoms with van der Waals surface area (Å²) in [4.78, 5) is 11.0. The predicted octanol–water partition coefficient (Wildman–Crippen LogP) is 0.519. The van der Waals surface area contributed by atoms with Crippen LogP contribution in [0.4, 0.5) is 0 Å². The normalized spacial score (nSPS) is 26.5. The van der Waals surface area contributed by atoms with E-state index in [2.05, 4.69) is 5.32 Å². The SMILES string of the molecule is CNC(=O)C(Cl)C1CCCO1. The van der Waals surface area contributed by atoms with E-state index in [-0.39, 0.29) is 12.0 Å². The quantitative estimate of drug-likeness (QED) is 0.625. The molecule has 2 atom stereocenters. The Morgan fingerprint density at radius 3 is 3.00 bits per heavy atom. The van der Waals surface area contributed by atoms with Crippen molar-refractivity contribution < 1.29 is 9.53 Å². The van der Waals surface area contributed by atoms with Gasteiger partial charge in [-0.05, 0) is 12.8 Å². The standard InChI is InChI=1S/C7H12ClNO2/c1-9-7(10)6(8)5-3-2-4-11-5/h5-6H,2-4H2,1H3,(H,9,10). The van der Waals surface area contributed by atoms with Gasteiger partial charge in [0.25, 0.3) is 0 Å². The molecule has 0 radical (unpaired) electrons. The summed E-state index contributed by atoms with van der Waals surface area (Å²) in [5, 5.41) is 1.97. The molecule has 11 heavy (non-hydrogen) atoms. The largest absolute Gasteiger partial charge is 0.376 e. The Morgan fingerprint density at radius 2 is 2.55 bits per heavy atom. The van der Waals surface area contributed by atoms with Crippen LogP contribution >= 0.6 is 11.6 Å². The van der Waals surface area contributed by atoms with Gasteiger partial charge in [-0.2, -0.15) is 0 Å². The highest BCUT2D eigenvalue weighted by molar-refractivity contribution is 6.31. The van der Waals surface area contributed by atoms with E-state index in [4.69, 9.17) is 16.3 Å². The topological polar surface area (TPSA) is 38.3 Å². The lowest BCUT2D eigenvalue weighted by Gasteiger charge is -2.14. The van der Waals surface area contributed by atoms with Gasteiger partial charge in [0, 0.05) is 13.7 Å². The van der Waals surface area contributed by atoms with Gasteiger partial charge < -0.3 is 10.1 Å². The minimum absolute atomic E-state index is 0.0865. The molecule has 1 fully saturated rings. The molecular formula is C7H12ClNO2. The zero-order valence-electron chi connectivity index (χ0n) is 6.47. The third kappa shape index (κ3) is 2.07. The van der Waals surface area contributed by atoms with Crippen LogP contribution in [-0.2, 0) is 9.53 Å². The number of halogens is 1. The van der Waals surface area contributed by atoms with Gasteiger partial charge in [0.05, 0.1) is 6.10 Å². The van der Waals surface area contributed by atoms with Crippen LogP contribution in [0, 0.1) is 0 Å². The van der Waals surface area contributed by atoms with Crippen molar-refractivity contribution in [2.45, 2.75) is 24.3 Å². The van der Waals surface area contributed by atoms with E-state index in [1.165, 1.54) is 0 Å². The fourth-order valence-electron chi connectivity index (χ4n) is 1.14. The number of ether oxygens (including phenoxy) is 1. The van der Waals surface area contributed by atoms with Crippen molar-refractivity contribution in [3.05, 3.63) is 0 Å². The van der Waals surface area contributed by atoms with E-state index in [0.29, 0.717) is 0 Å². The van der Waals surface area contributed by atoms with Crippen LogP contribution in [0.15, 0.2) is 0 Å². The number of carbonyl (C=O) groups excluding carboxylic acids is 1. The number of nitrogens with one attached hydrogen (secondary N) is 1. The highest BCUT2D eigenvalue weighted by Crippen LogP contribution is 2.19. The Bertz CT molecular complexity index is 145. The minimum atomic E-state index is -0.525. The molecule has 0 spiro atoms. The van der Waals surface area contributed by atoms with E-state index in [1.54, 1.807) is 7.05 Å². The van der Waals surface area contributed by atoms with E-state index >= 15 is 0 Å². The van der Waals surface area contributed by atoms with Crippen molar-refractivity contribution in [1.29, 1.82) is 0 Å². The summed E-state index contributed by atoms with van der Waals surface area (Å²) >= 11 is 5.80. The first-order valence-electron chi connectivity index (χ1n) is 3.73. The zero-order valence-corrected chi connectivity index (χ0v) is 7.23. The molecule has 1 saturated heterocycles. The van der Waals surface area contributed by atoms with Crippen molar-refractivity contribution in [3.8, 4) is 0 Å². The molecule has 1 aliphatic heterocycles. The second-order valence-electron chi connectivity index (χ2n) is 2.57. The van der Waals surface area contributed by atoms with Gasteiger partial charge in [0.15, 0.2) is 0 Å². The second-order valence-corrected chi connectivity index (χ2v) is 3.04. The molecule has 0 aromatic rings. The summed E-state index contributed by atoms with van der Waals surface area (Å²) in [6, 6.07) is 0. The van der Waals surface area contributed by atoms with E-state index in [0.717, 1.165) is 19.4 Å². The fraction of sp³-hybridized carbons (Fsp3) is 0.857. The Kier molecular flexibility index (Phi) is 3.15. The van der Waals surface area contributed by atoms with Crippen LogP contribution in [0.3, 0.4) is 0 Å². The molecule has 0 aromatic heterocycles. The summed E-state index contributed by atoms with van der Waals surface area (Å²) in [7, 11) is 1.58. The first kappa shape index (κ1) is 8.81. The molecule has 64 valence electrons. The molecule has 1 rings (SSSR count). The molecular weight excluding hydrogens is 166 g/mol. The molecule has 3 nitrogen and oxygen atoms in total. The Labute approximate surface area is 71.1 Å². The van der Waals surface area contributed by atoms with Crippen LogP contribution in [0.1, 0.15) is 12.8 Å². The summed E-state index contributed by atoms with van der Waals surface area (Å²) < 4.78 is 5.24. The molecule has 4 heteroatoms. The molecule has 0 saturated carbocycles. The lowest BCUT2D eigenvalue weighted by Crippen LogP contribution is -2.36. The predicted molar refractivity (Wildman–Crippen MR) is 42.7 cm³/mol. The molecule has 0 aliphatic carbocycles. The smallest absolute Gasteiger partial charge is 0.240 e. The third-order valence-electron chi connectivity index (χ3n) is 1.79. The average molecular weight is 178 g/mol. The van der Waals surface area contributed by atoms with E-state index < -0.39 is 5.38 Å². The van der Waals surface area contributed by atoms with Crippen LogP contribution in [0.5, 0.6) is 0 Å². The van der Waals surface area contributed by atoms with E-state index in [1.807, 2.05) is 0 Å². The van der Waals surface area contributed by atoms with Gasteiger partial charge in [-0.1, -0.05) is 0 Å². The van der Waals surface area contributed by atoms with Gasteiger partial charge in [-0.25, -0.2) is 0 Å². The maximum atomic E-state index is 11.0. The summed E-state index contributed by atoms with van der Waals surface area (Å²) in [6.07, 6.45) is 1.81. The zero-order chi connectivity index (χ0) is 8.27. The molecule has 1 heterocycles. The first-order valence-corrected chi connectivity index (χ1v) is 4.16. The number of hydrogen-bond donors (Lipinski definition) is 1. The first-order chi connectivity index (χ1) is 5.25. The maximum Gasteiger partial charge on any atom is 0.240 e. The molecule has 1 amide bonds. The molecule has 2 unspecified atom stereocenters. The molecule has 1 aliphatic rings. The summed E-state index contributed by atoms with van der Waals surface area (Å²) in [5.41, 5.74) is 0. The second kappa shape index (κ2) is 3.93. The lowest BCUT2D eigenvalue weighted by molar-refractivity contribution is -0.122. The fourth-order valence-corrected chi connectivity index (χ4v) is 1.45. The highest BCUT2D eigenvalue weighted by atomic mass is 35.5. The number of rotatable bonds is 2. The van der Waals surface area contributed by atoms with Crippen molar-refractivity contribution in [2.75, 3.05) is 13.7 Å². The maximum absolute atomic E-state index is 11.0. The summed E-state index contributed by atoms with van der Waals surface area (Å²) in [6.45, 7) is 0.727. The monoisotopic (exact) mass is 177 g/mol. The number of hydrogen-bond acceptors (Lipinski definition) is 2. The van der Waals surface area contributed by atoms with Gasteiger partial charge in [0.1, 0.15) is 5.38 Å². The molecule has 0 bridgehead atoms. The minimum Gasteiger partial charge on any atom is -0.376 e. The van der Waals surface area contributed by atoms with Crippen molar-refractivity contribution >= 4 is 17.5 Å². The van der Waals surface area contributed by atoms with Crippen LogP contribution in [-0.4, -0.2) is 31.0 Å². The average Bonchev–Trinajstić information content (AvgIpc) is 2.53. The van der Waals surface area contributed by atoms with Crippen LogP contribution < -0.4 is 5.32 Å². The highest BCUT2D eigenvalue weighted by Gasteiger charge is 2.28. The van der Waals surface area contributed by atoms with Gasteiger partial charge >= 0.3 is 0 Å². The van der Waals surface area contributed by atoms with E-state index in [9.17, 15) is 4.79 Å². The van der Waals surface area contributed by atoms with Gasteiger partial charge in [0.2, 0.25) is 5.91 Å². The Hall–Kier alpha value is -0.280. The third-order valence-corrected chi connectivity index (χ3v) is 2.27. The molecule has 0 aromatic carbocycles. The van der Waals surface area contributed by atoms with Crippen LogP contribution in [0.25, 0.3) is 0 Å². The molecule has 1 N–H and O–H groups in total. The Balaban J connectivity index is 2.39. The van der Waals surface area contributed by atoms with Crippen molar-refractivity contribution in [2.24, 2.45) is 0 Å².